The van der Waals surface area contributed by atoms with Crippen LogP contribution in [0.5, 0.6) is 11.5 Å². The number of amides is 1. The first kappa shape index (κ1) is 26.0. The number of alkyl halides is 3. The number of rotatable bonds is 7. The highest BCUT2D eigenvalue weighted by molar-refractivity contribution is 6.05. The van der Waals surface area contributed by atoms with Crippen molar-refractivity contribution in [2.75, 3.05) is 25.6 Å². The molecule has 1 aliphatic rings. The molecule has 2 heterocycles. The molecule has 196 valence electrons. The molecule has 0 spiro atoms. The van der Waals surface area contributed by atoms with E-state index in [-0.39, 0.29) is 35.0 Å². The summed E-state index contributed by atoms with van der Waals surface area (Å²) in [5.41, 5.74) is 0.946. The number of aromatic amines is 1. The molecule has 1 aliphatic heterocycles. The third kappa shape index (κ3) is 5.53. The van der Waals surface area contributed by atoms with Crippen molar-refractivity contribution >= 4 is 34.4 Å². The lowest BCUT2D eigenvalue weighted by molar-refractivity contribution is -0.189. The molecule has 1 amide bonds. The Hall–Kier alpha value is -4.06. The fourth-order valence-electron chi connectivity index (χ4n) is 4.26. The molecule has 0 radical (unpaired) electrons. The Morgan fingerprint density at radius 2 is 1.84 bits per heavy atom. The number of aromatic nitrogens is 1. The fraction of sp³-hybridized carbons (Fsp3) is 0.320. The molecule has 1 saturated heterocycles. The van der Waals surface area contributed by atoms with Gasteiger partial charge in [-0.3, -0.25) is 4.79 Å². The first-order chi connectivity index (χ1) is 17.6. The molecule has 0 bridgehead atoms. The summed E-state index contributed by atoms with van der Waals surface area (Å²) in [5, 5.41) is 5.92. The highest BCUT2D eigenvalue weighted by Gasteiger charge is 2.42. The number of hydrogen-bond acceptors (Lipinski definition) is 7. The molecule has 9 nitrogen and oxygen atoms in total. The van der Waals surface area contributed by atoms with Crippen molar-refractivity contribution in [3.63, 3.8) is 0 Å². The van der Waals surface area contributed by atoms with Gasteiger partial charge in [0.2, 0.25) is 5.91 Å². The van der Waals surface area contributed by atoms with Crippen LogP contribution in [-0.4, -0.2) is 55.3 Å². The Morgan fingerprint density at radius 1 is 1.11 bits per heavy atom. The lowest BCUT2D eigenvalue weighted by Gasteiger charge is -2.20. The topological polar surface area (TPSA) is 119 Å². The van der Waals surface area contributed by atoms with E-state index in [4.69, 9.17) is 9.47 Å². The predicted molar refractivity (Wildman–Crippen MR) is 127 cm³/mol. The molecule has 4 rings (SSSR count). The van der Waals surface area contributed by atoms with Gasteiger partial charge >= 0.3 is 18.1 Å². The second-order valence-corrected chi connectivity index (χ2v) is 8.29. The summed E-state index contributed by atoms with van der Waals surface area (Å²) in [7, 11) is 1.56. The molecule has 2 atom stereocenters. The Labute approximate surface area is 209 Å². The van der Waals surface area contributed by atoms with E-state index in [1.807, 2.05) is 24.3 Å². The number of methoxy groups -OCH3 is 1. The van der Waals surface area contributed by atoms with E-state index in [1.54, 1.807) is 7.11 Å². The van der Waals surface area contributed by atoms with E-state index >= 15 is 0 Å². The van der Waals surface area contributed by atoms with E-state index in [1.165, 1.54) is 25.1 Å². The van der Waals surface area contributed by atoms with Crippen LogP contribution < -0.4 is 20.1 Å². The van der Waals surface area contributed by atoms with Crippen LogP contribution in [0.4, 0.5) is 18.9 Å². The Morgan fingerprint density at radius 3 is 2.49 bits per heavy atom. The molecule has 1 aromatic heterocycles. The van der Waals surface area contributed by atoms with Gasteiger partial charge in [-0.1, -0.05) is 12.1 Å². The van der Waals surface area contributed by atoms with Crippen LogP contribution >= 0.6 is 0 Å². The minimum atomic E-state index is -5.29. The number of benzene rings is 2. The van der Waals surface area contributed by atoms with Gasteiger partial charge in [0, 0.05) is 17.0 Å². The summed E-state index contributed by atoms with van der Waals surface area (Å²) >= 11 is 0. The second kappa shape index (κ2) is 10.5. The van der Waals surface area contributed by atoms with Crippen molar-refractivity contribution in [1.82, 2.24) is 10.3 Å². The average molecular weight is 519 g/mol. The minimum absolute atomic E-state index is 0.00969. The standard InChI is InChI=1S/C25H24F3N3O6/c1-3-36-23(33)20-21(37-24(34)25(26,27)28)17-12-14(6-9-18(17)31-20)30-22(32)19-16(10-11-29-19)13-4-7-15(35-2)8-5-13/h4-9,12,16,19,29,31H,3,10-11H2,1-2H3,(H,30,32)/t16-,19-/m1/s1. The summed E-state index contributed by atoms with van der Waals surface area (Å²) in [5.74, 6) is -3.90. The summed E-state index contributed by atoms with van der Waals surface area (Å²) in [4.78, 5) is 39.6. The van der Waals surface area contributed by atoms with Crippen LogP contribution in [-0.2, 0) is 14.3 Å². The molecular formula is C25H24F3N3O6. The van der Waals surface area contributed by atoms with Gasteiger partial charge in [0.1, 0.15) is 5.75 Å². The van der Waals surface area contributed by atoms with E-state index < -0.39 is 35.6 Å². The van der Waals surface area contributed by atoms with E-state index in [0.29, 0.717) is 12.3 Å². The monoisotopic (exact) mass is 519 g/mol. The van der Waals surface area contributed by atoms with E-state index in [9.17, 15) is 27.6 Å². The number of halogens is 3. The van der Waals surface area contributed by atoms with Crippen LogP contribution in [0.25, 0.3) is 10.9 Å². The summed E-state index contributed by atoms with van der Waals surface area (Å²) < 4.78 is 53.3. The zero-order valence-corrected chi connectivity index (χ0v) is 19.9. The van der Waals surface area contributed by atoms with Crippen LogP contribution in [0.3, 0.4) is 0 Å². The third-order valence-corrected chi connectivity index (χ3v) is 5.97. The maximum atomic E-state index is 13.1. The maximum absolute atomic E-state index is 13.1. The molecule has 3 N–H and O–H groups in total. The maximum Gasteiger partial charge on any atom is 0.491 e. The SMILES string of the molecule is CCOC(=O)c1[nH]c2ccc(NC(=O)[C@@H]3NCC[C@@H]3c3ccc(OC)cc3)cc2c1OC(=O)C(F)(F)F. The normalized spacial score (nSPS) is 17.4. The number of esters is 2. The highest BCUT2D eigenvalue weighted by Crippen LogP contribution is 2.35. The van der Waals surface area contributed by atoms with E-state index in [0.717, 1.165) is 12.0 Å². The molecule has 37 heavy (non-hydrogen) atoms. The minimum Gasteiger partial charge on any atom is -0.497 e. The molecule has 12 heteroatoms. The van der Waals surface area contributed by atoms with Crippen LogP contribution in [0.2, 0.25) is 0 Å². The van der Waals surface area contributed by atoms with Gasteiger partial charge in [0.05, 0.1) is 25.3 Å². The predicted octanol–water partition coefficient (Wildman–Crippen LogP) is 3.91. The number of anilines is 1. The number of nitrogens with one attached hydrogen (secondary N) is 3. The van der Waals surface area contributed by atoms with Crippen LogP contribution in [0.1, 0.15) is 35.3 Å². The summed E-state index contributed by atoms with van der Waals surface area (Å²) in [6.45, 7) is 2.09. The van der Waals surface area contributed by atoms with Gasteiger partial charge in [-0.2, -0.15) is 13.2 Å². The van der Waals surface area contributed by atoms with Gasteiger partial charge in [-0.05, 0) is 55.8 Å². The van der Waals surface area contributed by atoms with Crippen LogP contribution in [0, 0.1) is 0 Å². The molecule has 0 unspecified atom stereocenters. The van der Waals surface area contributed by atoms with Crippen molar-refractivity contribution in [2.45, 2.75) is 31.5 Å². The molecular weight excluding hydrogens is 495 g/mol. The smallest absolute Gasteiger partial charge is 0.491 e. The Balaban J connectivity index is 1.61. The van der Waals surface area contributed by atoms with Crippen molar-refractivity contribution < 1.29 is 41.8 Å². The number of fused-ring (bicyclic) bond motifs is 1. The van der Waals surface area contributed by atoms with Gasteiger partial charge in [0.25, 0.3) is 0 Å². The molecule has 1 fully saturated rings. The zero-order chi connectivity index (χ0) is 26.7. The second-order valence-electron chi connectivity index (χ2n) is 8.29. The number of ether oxygens (including phenoxy) is 3. The molecule has 2 aromatic carbocycles. The van der Waals surface area contributed by atoms with Crippen molar-refractivity contribution in [3.8, 4) is 11.5 Å². The number of carbonyl (C=O) groups excluding carboxylic acids is 3. The number of H-pyrrole nitrogens is 1. The van der Waals surface area contributed by atoms with Gasteiger partial charge in [0.15, 0.2) is 11.4 Å². The van der Waals surface area contributed by atoms with Crippen molar-refractivity contribution in [2.24, 2.45) is 0 Å². The first-order valence-corrected chi connectivity index (χ1v) is 11.4. The average Bonchev–Trinajstić information content (AvgIpc) is 3.49. The largest absolute Gasteiger partial charge is 0.497 e. The molecule has 0 aliphatic carbocycles. The van der Waals surface area contributed by atoms with Crippen molar-refractivity contribution in [3.05, 3.63) is 53.7 Å². The highest BCUT2D eigenvalue weighted by atomic mass is 19.4. The number of carbonyl (C=O) groups is 3. The Kier molecular flexibility index (Phi) is 7.39. The zero-order valence-electron chi connectivity index (χ0n) is 19.9. The lowest BCUT2D eigenvalue weighted by Crippen LogP contribution is -2.39. The first-order valence-electron chi connectivity index (χ1n) is 11.4. The third-order valence-electron chi connectivity index (χ3n) is 5.97. The fourth-order valence-corrected chi connectivity index (χ4v) is 4.26. The van der Waals surface area contributed by atoms with Gasteiger partial charge < -0.3 is 29.8 Å². The van der Waals surface area contributed by atoms with E-state index in [2.05, 4.69) is 20.4 Å². The molecule has 0 saturated carbocycles. The van der Waals surface area contributed by atoms with Crippen molar-refractivity contribution in [1.29, 1.82) is 0 Å². The van der Waals surface area contributed by atoms with Gasteiger partial charge in [-0.15, -0.1) is 0 Å². The summed E-state index contributed by atoms with van der Waals surface area (Å²) in [6.07, 6.45) is -4.56. The lowest BCUT2D eigenvalue weighted by atomic mass is 9.91. The van der Waals surface area contributed by atoms with Crippen LogP contribution in [0.15, 0.2) is 42.5 Å². The Bertz CT molecular complexity index is 1320. The van der Waals surface area contributed by atoms with Gasteiger partial charge in [-0.25, -0.2) is 9.59 Å². The number of hydrogen-bond donors (Lipinski definition) is 3. The summed E-state index contributed by atoms with van der Waals surface area (Å²) in [6, 6.07) is 11.1. The quantitative estimate of drug-likeness (QED) is 0.405. The molecule has 3 aromatic rings.